The predicted molar refractivity (Wildman–Crippen MR) is 43.6 cm³/mol. The van der Waals surface area contributed by atoms with Crippen LogP contribution in [-0.2, 0) is 9.63 Å². The summed E-state index contributed by atoms with van der Waals surface area (Å²) >= 11 is 0. The molecule has 0 amide bonds. The van der Waals surface area contributed by atoms with Crippen LogP contribution in [0.15, 0.2) is 12.7 Å². The standard InChI is InChI=1S/C8H16NO2/c1-5-7-9(3,4)11-8(10)6-2/h6H,2,5,7H2,1,3-4H3/q+1. The summed E-state index contributed by atoms with van der Waals surface area (Å²) in [5, 5.41) is 0. The molecule has 0 aromatic carbocycles. The van der Waals surface area contributed by atoms with Gasteiger partial charge in [0.15, 0.2) is 0 Å². The number of quaternary nitrogens is 1. The van der Waals surface area contributed by atoms with Crippen LogP contribution in [-0.4, -0.2) is 31.3 Å². The minimum Gasteiger partial charge on any atom is -0.272 e. The summed E-state index contributed by atoms with van der Waals surface area (Å²) in [5.74, 6) is -0.372. The average molecular weight is 158 g/mol. The second-order valence-electron chi connectivity index (χ2n) is 2.91. The van der Waals surface area contributed by atoms with E-state index in [4.69, 9.17) is 4.84 Å². The monoisotopic (exact) mass is 158 g/mol. The van der Waals surface area contributed by atoms with Gasteiger partial charge in [0, 0.05) is 6.08 Å². The third kappa shape index (κ3) is 4.56. The van der Waals surface area contributed by atoms with Gasteiger partial charge in [-0.1, -0.05) is 13.5 Å². The zero-order valence-electron chi connectivity index (χ0n) is 7.46. The van der Waals surface area contributed by atoms with Crippen LogP contribution in [0, 0.1) is 0 Å². The van der Waals surface area contributed by atoms with Crippen LogP contribution < -0.4 is 0 Å². The normalized spacial score (nSPS) is 10.8. The van der Waals surface area contributed by atoms with Crippen molar-refractivity contribution in [1.29, 1.82) is 0 Å². The van der Waals surface area contributed by atoms with Gasteiger partial charge in [-0.3, -0.25) is 4.84 Å². The second-order valence-corrected chi connectivity index (χ2v) is 2.91. The van der Waals surface area contributed by atoms with Crippen LogP contribution in [0.5, 0.6) is 0 Å². The van der Waals surface area contributed by atoms with Crippen molar-refractivity contribution in [3.63, 3.8) is 0 Å². The highest BCUT2D eigenvalue weighted by Crippen LogP contribution is 2.00. The van der Waals surface area contributed by atoms with Gasteiger partial charge in [-0.15, -0.1) is 4.65 Å². The molecule has 0 fully saturated rings. The van der Waals surface area contributed by atoms with Gasteiger partial charge in [-0.2, -0.15) is 0 Å². The Kier molecular flexibility index (Phi) is 3.82. The van der Waals surface area contributed by atoms with Crippen LogP contribution in [0.2, 0.25) is 0 Å². The summed E-state index contributed by atoms with van der Waals surface area (Å²) in [7, 11) is 3.68. The molecule has 0 saturated carbocycles. The molecule has 0 aliphatic heterocycles. The highest BCUT2D eigenvalue weighted by atomic mass is 16.7. The molecule has 0 aliphatic rings. The predicted octanol–water partition coefficient (Wildman–Crippen LogP) is 1.12. The molecule has 11 heavy (non-hydrogen) atoms. The minimum absolute atomic E-state index is 0.265. The summed E-state index contributed by atoms with van der Waals surface area (Å²) in [6.45, 7) is 6.18. The number of hydroxylamine groups is 3. The first-order valence-corrected chi connectivity index (χ1v) is 3.71. The number of carbonyl (C=O) groups is 1. The number of hydrogen-bond acceptors (Lipinski definition) is 2. The molecule has 64 valence electrons. The summed E-state index contributed by atoms with van der Waals surface area (Å²) in [4.78, 5) is 15.8. The molecule has 0 bridgehead atoms. The molecule has 0 rings (SSSR count). The van der Waals surface area contributed by atoms with Crippen LogP contribution in [0.25, 0.3) is 0 Å². The Morgan fingerprint density at radius 2 is 2.18 bits per heavy atom. The first kappa shape index (κ1) is 10.2. The van der Waals surface area contributed by atoms with E-state index in [0.717, 1.165) is 13.0 Å². The van der Waals surface area contributed by atoms with Crippen molar-refractivity contribution < 1.29 is 14.3 Å². The molecular formula is C8H16NO2+. The van der Waals surface area contributed by atoms with Gasteiger partial charge >= 0.3 is 5.97 Å². The van der Waals surface area contributed by atoms with Gasteiger partial charge in [0.1, 0.15) is 20.6 Å². The van der Waals surface area contributed by atoms with Crippen molar-refractivity contribution in [3.8, 4) is 0 Å². The largest absolute Gasteiger partial charge is 0.389 e. The molecule has 0 aromatic rings. The maximum atomic E-state index is 10.7. The minimum atomic E-state index is -0.372. The fourth-order valence-electron chi connectivity index (χ4n) is 0.865. The molecule has 0 unspecified atom stereocenters. The lowest BCUT2D eigenvalue weighted by Crippen LogP contribution is -2.41. The average Bonchev–Trinajstić information content (AvgIpc) is 1.86. The van der Waals surface area contributed by atoms with E-state index in [-0.39, 0.29) is 10.6 Å². The van der Waals surface area contributed by atoms with E-state index in [2.05, 4.69) is 6.58 Å². The summed E-state index contributed by atoms with van der Waals surface area (Å²) in [6, 6.07) is 0. The molecule has 0 aliphatic carbocycles. The molecule has 0 radical (unpaired) electrons. The summed E-state index contributed by atoms with van der Waals surface area (Å²) in [6.07, 6.45) is 2.16. The maximum absolute atomic E-state index is 10.7. The Morgan fingerprint density at radius 1 is 1.64 bits per heavy atom. The highest BCUT2D eigenvalue weighted by molar-refractivity contribution is 5.80. The molecule has 0 saturated heterocycles. The molecule has 0 N–H and O–H groups in total. The molecule has 3 nitrogen and oxygen atoms in total. The zero-order valence-corrected chi connectivity index (χ0v) is 7.46. The lowest BCUT2D eigenvalue weighted by Gasteiger charge is -2.24. The summed E-state index contributed by atoms with van der Waals surface area (Å²) in [5.41, 5.74) is 0. The third-order valence-corrected chi connectivity index (χ3v) is 1.27. The fourth-order valence-corrected chi connectivity index (χ4v) is 0.865. The quantitative estimate of drug-likeness (QED) is 0.348. The van der Waals surface area contributed by atoms with Crippen molar-refractivity contribution in [2.24, 2.45) is 0 Å². The van der Waals surface area contributed by atoms with Gasteiger partial charge in [0.05, 0.1) is 0 Å². The van der Waals surface area contributed by atoms with E-state index in [1.165, 1.54) is 6.08 Å². The van der Waals surface area contributed by atoms with E-state index >= 15 is 0 Å². The Bertz CT molecular complexity index is 152. The maximum Gasteiger partial charge on any atom is 0.389 e. The van der Waals surface area contributed by atoms with Crippen LogP contribution in [0.1, 0.15) is 13.3 Å². The molecule has 0 aromatic heterocycles. The zero-order chi connectivity index (χ0) is 8.91. The lowest BCUT2D eigenvalue weighted by atomic mass is 10.4. The topological polar surface area (TPSA) is 26.3 Å². The van der Waals surface area contributed by atoms with Crippen molar-refractivity contribution in [1.82, 2.24) is 0 Å². The van der Waals surface area contributed by atoms with Crippen molar-refractivity contribution >= 4 is 5.97 Å². The summed E-state index contributed by atoms with van der Waals surface area (Å²) < 4.78 is 0.265. The van der Waals surface area contributed by atoms with Crippen LogP contribution in [0.3, 0.4) is 0 Å². The van der Waals surface area contributed by atoms with Crippen molar-refractivity contribution in [3.05, 3.63) is 12.7 Å². The molecule has 0 atom stereocenters. The third-order valence-electron chi connectivity index (χ3n) is 1.27. The van der Waals surface area contributed by atoms with E-state index < -0.39 is 0 Å². The highest BCUT2D eigenvalue weighted by Gasteiger charge is 2.18. The second kappa shape index (κ2) is 4.13. The fraction of sp³-hybridized carbons (Fsp3) is 0.625. The number of hydrogen-bond donors (Lipinski definition) is 0. The van der Waals surface area contributed by atoms with E-state index in [1.807, 2.05) is 21.0 Å². The van der Waals surface area contributed by atoms with Crippen LogP contribution in [0.4, 0.5) is 0 Å². The van der Waals surface area contributed by atoms with E-state index in [1.54, 1.807) is 0 Å². The van der Waals surface area contributed by atoms with Gasteiger partial charge in [0.25, 0.3) is 0 Å². The Balaban J connectivity index is 3.89. The molecule has 3 heteroatoms. The smallest absolute Gasteiger partial charge is 0.272 e. The molecular weight excluding hydrogens is 142 g/mol. The van der Waals surface area contributed by atoms with Gasteiger partial charge in [-0.05, 0) is 6.42 Å². The van der Waals surface area contributed by atoms with E-state index in [9.17, 15) is 4.79 Å². The number of nitrogens with zero attached hydrogens (tertiary/aromatic N) is 1. The molecule has 0 heterocycles. The van der Waals surface area contributed by atoms with Gasteiger partial charge in [-0.25, -0.2) is 4.79 Å². The Labute approximate surface area is 67.8 Å². The lowest BCUT2D eigenvalue weighted by molar-refractivity contribution is -1.06. The van der Waals surface area contributed by atoms with Crippen LogP contribution >= 0.6 is 0 Å². The number of carbonyl (C=O) groups excluding carboxylic acids is 1. The van der Waals surface area contributed by atoms with Crippen molar-refractivity contribution in [2.75, 3.05) is 20.6 Å². The molecule has 0 spiro atoms. The Morgan fingerprint density at radius 3 is 2.55 bits per heavy atom. The Hall–Kier alpha value is -0.830. The van der Waals surface area contributed by atoms with Crippen molar-refractivity contribution in [2.45, 2.75) is 13.3 Å². The van der Waals surface area contributed by atoms with E-state index in [0.29, 0.717) is 0 Å². The first-order valence-electron chi connectivity index (χ1n) is 3.71. The first-order chi connectivity index (χ1) is 5.02. The van der Waals surface area contributed by atoms with Gasteiger partial charge < -0.3 is 0 Å². The number of rotatable bonds is 4. The SMILES string of the molecule is C=CC(=O)O[N+](C)(C)CCC. The van der Waals surface area contributed by atoms with Gasteiger partial charge in [0.2, 0.25) is 0 Å².